The number of halogens is 1. The lowest BCUT2D eigenvalue weighted by Crippen LogP contribution is -2.51. The molecule has 1 aliphatic heterocycles. The fraction of sp³-hybridized carbons (Fsp3) is 0.550. The van der Waals surface area contributed by atoms with Gasteiger partial charge >= 0.3 is 6.03 Å². The van der Waals surface area contributed by atoms with Crippen molar-refractivity contribution in [3.05, 3.63) is 47.3 Å². The number of carbonyl (C=O) groups excluding carboxylic acids is 1. The van der Waals surface area contributed by atoms with Gasteiger partial charge in [-0.2, -0.15) is 0 Å². The molecule has 0 saturated carbocycles. The first-order valence-corrected chi connectivity index (χ1v) is 9.38. The van der Waals surface area contributed by atoms with E-state index in [1.54, 1.807) is 0 Å². The summed E-state index contributed by atoms with van der Waals surface area (Å²) in [6, 6.07) is 6.71. The van der Waals surface area contributed by atoms with E-state index in [1.807, 2.05) is 17.0 Å². The molecule has 0 aromatic heterocycles. The Labute approximate surface area is 149 Å². The monoisotopic (exact) mass is 345 g/mol. The first-order chi connectivity index (χ1) is 12.2. The molecule has 1 aromatic rings. The van der Waals surface area contributed by atoms with Crippen LogP contribution in [0.25, 0.3) is 0 Å². The van der Waals surface area contributed by atoms with Crippen LogP contribution in [0.15, 0.2) is 35.9 Å². The van der Waals surface area contributed by atoms with Crippen LogP contribution in [0.5, 0.6) is 0 Å². The average Bonchev–Trinajstić information content (AvgIpc) is 2.65. The van der Waals surface area contributed by atoms with Gasteiger partial charge in [-0.3, -0.25) is 4.90 Å². The van der Waals surface area contributed by atoms with Crippen molar-refractivity contribution in [2.75, 3.05) is 32.7 Å². The summed E-state index contributed by atoms with van der Waals surface area (Å²) in [6.07, 6.45) is 8.30. The van der Waals surface area contributed by atoms with Gasteiger partial charge in [0, 0.05) is 39.3 Å². The molecule has 0 spiro atoms. The third kappa shape index (κ3) is 5.56. The maximum absolute atomic E-state index is 13.0. The lowest BCUT2D eigenvalue weighted by Gasteiger charge is -2.34. The number of allylic oxidation sites excluding steroid dienone is 1. The summed E-state index contributed by atoms with van der Waals surface area (Å²) < 4.78 is 13.0. The molecule has 1 saturated heterocycles. The molecular formula is C20H28FN3O. The molecule has 0 unspecified atom stereocenters. The first kappa shape index (κ1) is 17.9. The Morgan fingerprint density at radius 3 is 2.52 bits per heavy atom. The molecule has 1 aromatic carbocycles. The second kappa shape index (κ2) is 8.99. The van der Waals surface area contributed by atoms with Crippen LogP contribution in [0.1, 0.15) is 37.7 Å². The van der Waals surface area contributed by atoms with Crippen molar-refractivity contribution in [2.45, 2.75) is 38.6 Å². The Hall–Kier alpha value is -1.88. The molecular weight excluding hydrogens is 317 g/mol. The fourth-order valence-corrected chi connectivity index (χ4v) is 3.53. The fourth-order valence-electron chi connectivity index (χ4n) is 3.53. The van der Waals surface area contributed by atoms with Gasteiger partial charge in [-0.1, -0.05) is 23.8 Å². The van der Waals surface area contributed by atoms with E-state index in [0.29, 0.717) is 0 Å². The highest BCUT2D eigenvalue weighted by atomic mass is 19.1. The van der Waals surface area contributed by atoms with Crippen molar-refractivity contribution >= 4 is 6.03 Å². The van der Waals surface area contributed by atoms with Gasteiger partial charge in [0.1, 0.15) is 5.82 Å². The lowest BCUT2D eigenvalue weighted by atomic mass is 9.97. The van der Waals surface area contributed by atoms with E-state index in [-0.39, 0.29) is 11.8 Å². The van der Waals surface area contributed by atoms with Crippen LogP contribution in [-0.4, -0.2) is 48.6 Å². The molecule has 136 valence electrons. The second-order valence-electron chi connectivity index (χ2n) is 6.98. The maximum atomic E-state index is 13.0. The zero-order valence-electron chi connectivity index (χ0n) is 14.8. The number of hydrogen-bond donors (Lipinski definition) is 1. The molecule has 1 aliphatic carbocycles. The summed E-state index contributed by atoms with van der Waals surface area (Å²) in [5, 5.41) is 3.06. The highest BCUT2D eigenvalue weighted by molar-refractivity contribution is 5.74. The van der Waals surface area contributed by atoms with Gasteiger partial charge in [0.15, 0.2) is 0 Å². The third-order valence-electron chi connectivity index (χ3n) is 5.09. The van der Waals surface area contributed by atoms with Crippen LogP contribution < -0.4 is 5.32 Å². The van der Waals surface area contributed by atoms with E-state index >= 15 is 0 Å². The molecule has 0 atom stereocenters. The smallest absolute Gasteiger partial charge is 0.317 e. The Kier molecular flexibility index (Phi) is 6.45. The number of urea groups is 1. The number of hydrogen-bond acceptors (Lipinski definition) is 2. The van der Waals surface area contributed by atoms with Crippen LogP contribution in [0.4, 0.5) is 9.18 Å². The molecule has 0 radical (unpaired) electrons. The normalized spacial score (nSPS) is 18.8. The Morgan fingerprint density at radius 1 is 1.08 bits per heavy atom. The molecule has 25 heavy (non-hydrogen) atoms. The quantitative estimate of drug-likeness (QED) is 0.829. The van der Waals surface area contributed by atoms with Crippen molar-refractivity contribution in [1.29, 1.82) is 0 Å². The van der Waals surface area contributed by atoms with Crippen molar-refractivity contribution < 1.29 is 9.18 Å². The molecule has 2 aliphatic rings. The summed E-state index contributed by atoms with van der Waals surface area (Å²) in [7, 11) is 0. The zero-order chi connectivity index (χ0) is 17.5. The van der Waals surface area contributed by atoms with E-state index in [4.69, 9.17) is 0 Å². The van der Waals surface area contributed by atoms with Gasteiger partial charge in [-0.15, -0.1) is 0 Å². The zero-order valence-corrected chi connectivity index (χ0v) is 14.8. The van der Waals surface area contributed by atoms with Crippen molar-refractivity contribution in [1.82, 2.24) is 15.1 Å². The molecule has 3 rings (SSSR count). The Morgan fingerprint density at radius 2 is 1.84 bits per heavy atom. The molecule has 5 heteroatoms. The van der Waals surface area contributed by atoms with Crippen LogP contribution in [0.2, 0.25) is 0 Å². The molecule has 1 fully saturated rings. The van der Waals surface area contributed by atoms with Crippen molar-refractivity contribution in [3.63, 3.8) is 0 Å². The minimum atomic E-state index is -0.200. The van der Waals surface area contributed by atoms with Crippen LogP contribution in [0.3, 0.4) is 0 Å². The molecule has 1 heterocycles. The summed E-state index contributed by atoms with van der Waals surface area (Å²) >= 11 is 0. The van der Waals surface area contributed by atoms with E-state index < -0.39 is 0 Å². The third-order valence-corrected chi connectivity index (χ3v) is 5.09. The highest BCUT2D eigenvalue weighted by Crippen LogP contribution is 2.19. The number of nitrogens with zero attached hydrogens (tertiary/aromatic N) is 2. The number of piperazine rings is 1. The van der Waals surface area contributed by atoms with Crippen LogP contribution in [0, 0.1) is 5.82 Å². The second-order valence-corrected chi connectivity index (χ2v) is 6.98. The molecule has 1 N–H and O–H groups in total. The number of nitrogens with one attached hydrogen (secondary N) is 1. The maximum Gasteiger partial charge on any atom is 0.317 e. The van der Waals surface area contributed by atoms with Crippen LogP contribution >= 0.6 is 0 Å². The minimum Gasteiger partial charge on any atom is -0.338 e. The number of rotatable bonds is 5. The largest absolute Gasteiger partial charge is 0.338 e. The Balaban J connectivity index is 1.35. The standard InChI is InChI=1S/C20H28FN3O/c21-19-8-6-18(7-9-19)16-23-12-14-24(15-13-23)20(25)22-11-10-17-4-2-1-3-5-17/h4,6-9H,1-3,5,10-16H2,(H,22,25). The van der Waals surface area contributed by atoms with Gasteiger partial charge < -0.3 is 10.2 Å². The summed E-state index contributed by atoms with van der Waals surface area (Å²) in [4.78, 5) is 16.5. The number of carbonyl (C=O) groups is 1. The minimum absolute atomic E-state index is 0.0536. The van der Waals surface area contributed by atoms with Gasteiger partial charge in [0.25, 0.3) is 0 Å². The van der Waals surface area contributed by atoms with Gasteiger partial charge in [0.05, 0.1) is 0 Å². The summed E-state index contributed by atoms with van der Waals surface area (Å²) in [6.45, 7) is 4.75. The summed E-state index contributed by atoms with van der Waals surface area (Å²) in [5.74, 6) is -0.200. The van der Waals surface area contributed by atoms with E-state index in [1.165, 1.54) is 43.4 Å². The Bertz CT molecular complexity index is 591. The number of amides is 2. The van der Waals surface area contributed by atoms with Gasteiger partial charge in [-0.25, -0.2) is 9.18 Å². The predicted octanol–water partition coefficient (Wildman–Crippen LogP) is 3.54. The SMILES string of the molecule is O=C(NCCC1=CCCCC1)N1CCN(Cc2ccc(F)cc2)CC1. The highest BCUT2D eigenvalue weighted by Gasteiger charge is 2.20. The van der Waals surface area contributed by atoms with Crippen molar-refractivity contribution in [2.24, 2.45) is 0 Å². The topological polar surface area (TPSA) is 35.6 Å². The lowest BCUT2D eigenvalue weighted by molar-refractivity contribution is 0.135. The van der Waals surface area contributed by atoms with Crippen LogP contribution in [-0.2, 0) is 6.54 Å². The molecule has 0 bridgehead atoms. The van der Waals surface area contributed by atoms with Crippen molar-refractivity contribution in [3.8, 4) is 0 Å². The predicted molar refractivity (Wildman–Crippen MR) is 97.8 cm³/mol. The van der Waals surface area contributed by atoms with Gasteiger partial charge in [-0.05, 0) is 49.8 Å². The summed E-state index contributed by atoms with van der Waals surface area (Å²) in [5.41, 5.74) is 2.61. The van der Waals surface area contributed by atoms with Gasteiger partial charge in [0.2, 0.25) is 0 Å². The first-order valence-electron chi connectivity index (χ1n) is 9.38. The van der Waals surface area contributed by atoms with E-state index in [9.17, 15) is 9.18 Å². The van der Waals surface area contributed by atoms with E-state index in [0.717, 1.165) is 51.3 Å². The van der Waals surface area contributed by atoms with E-state index in [2.05, 4.69) is 16.3 Å². The number of benzene rings is 1. The average molecular weight is 345 g/mol. The molecule has 4 nitrogen and oxygen atoms in total. The molecule has 2 amide bonds.